The monoisotopic (exact) mass is 281 g/mol. The Balaban J connectivity index is 3.06. The molecule has 0 saturated carbocycles. The molecule has 110 valence electrons. The predicted molar refractivity (Wildman–Crippen MR) is 74.1 cm³/mol. The van der Waals surface area contributed by atoms with E-state index in [2.05, 4.69) is 5.32 Å². The molecule has 0 radical (unpaired) electrons. The molecule has 1 rings (SSSR count). The molecule has 2 N–H and O–H groups in total. The number of carbonyl (C=O) groups is 2. The third-order valence-corrected chi connectivity index (χ3v) is 3.97. The third kappa shape index (κ3) is 2.98. The van der Waals surface area contributed by atoms with Gasteiger partial charge >= 0.3 is 5.97 Å². The van der Waals surface area contributed by atoms with E-state index in [9.17, 15) is 19.1 Å². The van der Waals surface area contributed by atoms with E-state index < -0.39 is 28.6 Å². The van der Waals surface area contributed by atoms with Crippen molar-refractivity contribution >= 4 is 11.9 Å². The first kappa shape index (κ1) is 16.1. The molecule has 5 heteroatoms. The first-order chi connectivity index (χ1) is 8.99. The Labute approximate surface area is 118 Å². The van der Waals surface area contributed by atoms with Crippen LogP contribution in [0.5, 0.6) is 0 Å². The van der Waals surface area contributed by atoms with Crippen molar-refractivity contribution in [1.29, 1.82) is 0 Å². The molecule has 0 saturated heterocycles. The van der Waals surface area contributed by atoms with Crippen molar-refractivity contribution in [3.05, 3.63) is 35.1 Å². The maximum atomic E-state index is 13.2. The van der Waals surface area contributed by atoms with E-state index in [1.54, 1.807) is 20.8 Å². The summed E-state index contributed by atoms with van der Waals surface area (Å²) in [7, 11) is 0. The lowest BCUT2D eigenvalue weighted by Gasteiger charge is -2.38. The van der Waals surface area contributed by atoms with Crippen LogP contribution >= 0.6 is 0 Å². The average molecular weight is 281 g/mol. The van der Waals surface area contributed by atoms with Crippen LogP contribution in [0.2, 0.25) is 0 Å². The summed E-state index contributed by atoms with van der Waals surface area (Å²) >= 11 is 0. The molecule has 0 aliphatic rings. The Kier molecular flexibility index (Phi) is 4.22. The number of rotatable bonds is 4. The molecule has 0 bridgehead atoms. The first-order valence-corrected chi connectivity index (χ1v) is 6.31. The van der Waals surface area contributed by atoms with Crippen LogP contribution in [0.3, 0.4) is 0 Å². The number of hydrogen-bond acceptors (Lipinski definition) is 2. The largest absolute Gasteiger partial charge is 0.481 e. The lowest BCUT2D eigenvalue weighted by molar-refractivity contribution is -0.150. The van der Waals surface area contributed by atoms with Crippen molar-refractivity contribution in [1.82, 2.24) is 5.32 Å². The molecule has 1 aromatic carbocycles. The van der Waals surface area contributed by atoms with Crippen LogP contribution in [0.4, 0.5) is 4.39 Å². The Morgan fingerprint density at radius 2 is 1.75 bits per heavy atom. The summed E-state index contributed by atoms with van der Waals surface area (Å²) in [5.41, 5.74) is -1.31. The summed E-state index contributed by atoms with van der Waals surface area (Å²) in [4.78, 5) is 23.5. The molecule has 0 aromatic heterocycles. The number of carboxylic acids is 1. The second kappa shape index (κ2) is 5.23. The van der Waals surface area contributed by atoms with Crippen LogP contribution in [0.1, 0.15) is 43.6 Å². The first-order valence-electron chi connectivity index (χ1n) is 6.31. The van der Waals surface area contributed by atoms with Gasteiger partial charge in [-0.2, -0.15) is 0 Å². The molecule has 0 unspecified atom stereocenters. The standard InChI is InChI=1S/C15H20FNO3/c1-9-6-7-10(16)8-11(9)12(18)17-15(4,5)14(2,3)13(19)20/h6-8H,1-5H3,(H,17,18)(H,19,20). The summed E-state index contributed by atoms with van der Waals surface area (Å²) in [6.07, 6.45) is 0. The summed E-state index contributed by atoms with van der Waals surface area (Å²) in [6, 6.07) is 3.94. The SMILES string of the molecule is Cc1ccc(F)cc1C(=O)NC(C)(C)C(C)(C)C(=O)O. The minimum Gasteiger partial charge on any atom is -0.481 e. The fraction of sp³-hybridized carbons (Fsp3) is 0.467. The number of aliphatic carboxylic acids is 1. The van der Waals surface area contributed by atoms with Crippen LogP contribution in [-0.2, 0) is 4.79 Å². The molecule has 0 aliphatic carbocycles. The molecule has 4 nitrogen and oxygen atoms in total. The van der Waals surface area contributed by atoms with Crippen LogP contribution in [0, 0.1) is 18.2 Å². The van der Waals surface area contributed by atoms with E-state index in [-0.39, 0.29) is 5.56 Å². The molecule has 1 amide bonds. The normalized spacial score (nSPS) is 12.1. The van der Waals surface area contributed by atoms with E-state index in [4.69, 9.17) is 0 Å². The summed E-state index contributed by atoms with van der Waals surface area (Å²) in [5.74, 6) is -2.00. The minimum atomic E-state index is -1.16. The van der Waals surface area contributed by atoms with Crippen LogP contribution in [0.15, 0.2) is 18.2 Å². The van der Waals surface area contributed by atoms with Gasteiger partial charge in [-0.1, -0.05) is 6.07 Å². The van der Waals surface area contributed by atoms with Gasteiger partial charge in [0.2, 0.25) is 0 Å². The fourth-order valence-electron chi connectivity index (χ4n) is 1.61. The van der Waals surface area contributed by atoms with Gasteiger partial charge in [-0.25, -0.2) is 4.39 Å². The highest BCUT2D eigenvalue weighted by Crippen LogP contribution is 2.31. The molecule has 1 aromatic rings. The second-order valence-electron chi connectivity index (χ2n) is 5.97. The Bertz CT molecular complexity index is 550. The molecular formula is C15H20FNO3. The highest BCUT2D eigenvalue weighted by molar-refractivity contribution is 5.96. The van der Waals surface area contributed by atoms with E-state index >= 15 is 0 Å². The van der Waals surface area contributed by atoms with Gasteiger partial charge in [0.25, 0.3) is 5.91 Å². The smallest absolute Gasteiger partial charge is 0.311 e. The van der Waals surface area contributed by atoms with Gasteiger partial charge in [-0.15, -0.1) is 0 Å². The lowest BCUT2D eigenvalue weighted by Crippen LogP contribution is -2.57. The number of carboxylic acid groups (broad SMARTS) is 1. The maximum absolute atomic E-state index is 13.2. The van der Waals surface area contributed by atoms with Crippen molar-refractivity contribution in [3.63, 3.8) is 0 Å². The summed E-state index contributed by atoms with van der Waals surface area (Å²) in [6.45, 7) is 8.03. The van der Waals surface area contributed by atoms with Gasteiger partial charge in [-0.3, -0.25) is 9.59 Å². The quantitative estimate of drug-likeness (QED) is 0.891. The van der Waals surface area contributed by atoms with Crippen LogP contribution in [-0.4, -0.2) is 22.5 Å². The van der Waals surface area contributed by atoms with Gasteiger partial charge < -0.3 is 10.4 Å². The molecule has 20 heavy (non-hydrogen) atoms. The topological polar surface area (TPSA) is 66.4 Å². The number of nitrogens with one attached hydrogen (secondary N) is 1. The molecule has 0 fully saturated rings. The second-order valence-corrected chi connectivity index (χ2v) is 5.97. The molecule has 0 heterocycles. The lowest BCUT2D eigenvalue weighted by atomic mass is 9.74. The van der Waals surface area contributed by atoms with E-state index in [1.165, 1.54) is 26.0 Å². The Morgan fingerprint density at radius 3 is 2.25 bits per heavy atom. The van der Waals surface area contributed by atoms with Gasteiger partial charge in [0.15, 0.2) is 0 Å². The van der Waals surface area contributed by atoms with Gasteiger partial charge in [-0.05, 0) is 52.3 Å². The van der Waals surface area contributed by atoms with Crippen molar-refractivity contribution < 1.29 is 19.1 Å². The van der Waals surface area contributed by atoms with Crippen molar-refractivity contribution in [2.24, 2.45) is 5.41 Å². The zero-order chi connectivity index (χ0) is 15.7. The van der Waals surface area contributed by atoms with E-state index in [1.807, 2.05) is 0 Å². The number of hydrogen-bond donors (Lipinski definition) is 2. The zero-order valence-corrected chi connectivity index (χ0v) is 12.4. The Morgan fingerprint density at radius 1 is 1.20 bits per heavy atom. The van der Waals surface area contributed by atoms with Crippen molar-refractivity contribution in [2.45, 2.75) is 40.2 Å². The minimum absolute atomic E-state index is 0.208. The number of halogens is 1. The fourth-order valence-corrected chi connectivity index (χ4v) is 1.61. The predicted octanol–water partition coefficient (Wildman–Crippen LogP) is 2.75. The van der Waals surface area contributed by atoms with Crippen LogP contribution in [0.25, 0.3) is 0 Å². The van der Waals surface area contributed by atoms with Gasteiger partial charge in [0.05, 0.1) is 11.0 Å². The third-order valence-electron chi connectivity index (χ3n) is 3.97. The number of carbonyl (C=O) groups excluding carboxylic acids is 1. The number of aryl methyl sites for hydroxylation is 1. The Hall–Kier alpha value is -1.91. The average Bonchev–Trinajstić information content (AvgIpc) is 2.31. The van der Waals surface area contributed by atoms with Gasteiger partial charge in [0.1, 0.15) is 5.82 Å². The van der Waals surface area contributed by atoms with Crippen molar-refractivity contribution in [3.8, 4) is 0 Å². The highest BCUT2D eigenvalue weighted by atomic mass is 19.1. The van der Waals surface area contributed by atoms with Crippen molar-refractivity contribution in [2.75, 3.05) is 0 Å². The van der Waals surface area contributed by atoms with Gasteiger partial charge in [0, 0.05) is 5.56 Å². The molecular weight excluding hydrogens is 261 g/mol. The number of amides is 1. The summed E-state index contributed by atoms with van der Waals surface area (Å²) < 4.78 is 13.2. The summed E-state index contributed by atoms with van der Waals surface area (Å²) in [5, 5.41) is 11.9. The van der Waals surface area contributed by atoms with E-state index in [0.717, 1.165) is 6.07 Å². The zero-order valence-electron chi connectivity index (χ0n) is 12.4. The highest BCUT2D eigenvalue weighted by Gasteiger charge is 2.44. The number of benzene rings is 1. The maximum Gasteiger partial charge on any atom is 0.311 e. The molecule has 0 atom stereocenters. The van der Waals surface area contributed by atoms with Crippen LogP contribution < -0.4 is 5.32 Å². The van der Waals surface area contributed by atoms with E-state index in [0.29, 0.717) is 5.56 Å². The molecule has 0 spiro atoms. The molecule has 0 aliphatic heterocycles.